The van der Waals surface area contributed by atoms with Crippen molar-refractivity contribution < 1.29 is 20.1 Å². The molecule has 0 heterocycles. The lowest BCUT2D eigenvalue weighted by Crippen LogP contribution is -2.34. The van der Waals surface area contributed by atoms with Crippen molar-refractivity contribution in [2.75, 3.05) is 6.61 Å². The zero-order valence-corrected chi connectivity index (χ0v) is 18.6. The summed E-state index contributed by atoms with van der Waals surface area (Å²) >= 11 is 0. The molecule has 3 atom stereocenters. The number of aliphatic hydroxyl groups excluding tert-OH is 2. The number of carboxylic acids is 1. The first-order valence-corrected chi connectivity index (χ1v) is 11.0. The van der Waals surface area contributed by atoms with E-state index in [2.05, 4.69) is 49.5 Å². The van der Waals surface area contributed by atoms with Gasteiger partial charge < -0.3 is 15.3 Å². The minimum atomic E-state index is -1.08. The molecule has 0 aromatic heterocycles. The molecular weight excluding hydrogens is 376 g/mol. The minimum Gasteiger partial charge on any atom is -0.481 e. The second-order valence-corrected chi connectivity index (χ2v) is 7.02. The van der Waals surface area contributed by atoms with Crippen LogP contribution in [0.5, 0.6) is 0 Å². The number of aliphatic hydroxyl groups is 2. The van der Waals surface area contributed by atoms with Crippen LogP contribution in [0.25, 0.3) is 0 Å². The van der Waals surface area contributed by atoms with E-state index >= 15 is 0 Å². The molecule has 0 rings (SSSR count). The quantitative estimate of drug-likeness (QED) is 0.263. The van der Waals surface area contributed by atoms with Gasteiger partial charge in [-0.25, -0.2) is 0 Å². The SMILES string of the molecule is CCC=CCC=CCC=CCC=CCC=CC(C=CCC)C(C(=O)O)[C@H](O)CCO. The van der Waals surface area contributed by atoms with E-state index in [0.717, 1.165) is 32.1 Å². The van der Waals surface area contributed by atoms with Crippen LogP contribution in [0.15, 0.2) is 72.9 Å². The van der Waals surface area contributed by atoms with Gasteiger partial charge in [-0.1, -0.05) is 86.8 Å². The number of allylic oxidation sites excluding steroid dienone is 12. The fourth-order valence-corrected chi connectivity index (χ4v) is 2.88. The zero-order chi connectivity index (χ0) is 22.5. The van der Waals surface area contributed by atoms with Crippen molar-refractivity contribution in [3.8, 4) is 0 Å². The van der Waals surface area contributed by atoms with Crippen LogP contribution in [0.1, 0.15) is 58.8 Å². The number of rotatable bonds is 17. The number of carboxylic acid groups (broad SMARTS) is 1. The van der Waals surface area contributed by atoms with Gasteiger partial charge >= 0.3 is 5.97 Å². The third-order valence-electron chi connectivity index (χ3n) is 4.48. The Balaban J connectivity index is 4.50. The molecule has 0 aromatic rings. The molecule has 0 aromatic carbocycles. The van der Waals surface area contributed by atoms with Gasteiger partial charge in [0.25, 0.3) is 0 Å². The van der Waals surface area contributed by atoms with Crippen molar-refractivity contribution in [1.82, 2.24) is 0 Å². The second-order valence-electron chi connectivity index (χ2n) is 7.02. The standard InChI is InChI=1S/C26H40O4/c1-3-5-7-8-9-10-11-12-13-14-15-16-17-18-20-23(19-6-4-2)25(26(29)30)24(28)21-22-27/h5-7,9-10,12-13,15-16,18-20,23-25,27-28H,3-4,8,11,14,17,21-22H2,1-2H3,(H,29,30)/t23?,24-,25?/m1/s1. The van der Waals surface area contributed by atoms with E-state index in [9.17, 15) is 15.0 Å². The summed E-state index contributed by atoms with van der Waals surface area (Å²) < 4.78 is 0. The normalized spacial score (nSPS) is 16.1. The molecule has 0 radical (unpaired) electrons. The first-order valence-electron chi connectivity index (χ1n) is 11.0. The highest BCUT2D eigenvalue weighted by atomic mass is 16.4. The molecule has 2 unspecified atom stereocenters. The molecule has 0 spiro atoms. The maximum absolute atomic E-state index is 11.6. The molecule has 3 N–H and O–H groups in total. The molecule has 4 heteroatoms. The molecule has 0 bridgehead atoms. The van der Waals surface area contributed by atoms with Crippen LogP contribution in [0.3, 0.4) is 0 Å². The lowest BCUT2D eigenvalue weighted by molar-refractivity contribution is -0.147. The van der Waals surface area contributed by atoms with Crippen molar-refractivity contribution in [3.63, 3.8) is 0 Å². The van der Waals surface area contributed by atoms with Gasteiger partial charge in [0.15, 0.2) is 0 Å². The summed E-state index contributed by atoms with van der Waals surface area (Å²) in [7, 11) is 0. The fourth-order valence-electron chi connectivity index (χ4n) is 2.88. The third-order valence-corrected chi connectivity index (χ3v) is 4.48. The third kappa shape index (κ3) is 14.8. The van der Waals surface area contributed by atoms with Crippen molar-refractivity contribution in [3.05, 3.63) is 72.9 Å². The Bertz CT molecular complexity index is 596. The predicted molar refractivity (Wildman–Crippen MR) is 126 cm³/mol. The summed E-state index contributed by atoms with van der Waals surface area (Å²) in [4.78, 5) is 11.6. The van der Waals surface area contributed by atoms with Crippen LogP contribution in [-0.2, 0) is 4.79 Å². The molecular formula is C26H40O4. The second kappa shape index (κ2) is 20.1. The number of hydrogen-bond donors (Lipinski definition) is 3. The number of aliphatic carboxylic acids is 1. The van der Waals surface area contributed by atoms with Crippen molar-refractivity contribution in [1.29, 1.82) is 0 Å². The highest BCUT2D eigenvalue weighted by Crippen LogP contribution is 2.22. The van der Waals surface area contributed by atoms with Crippen molar-refractivity contribution >= 4 is 5.97 Å². The molecule has 0 aliphatic rings. The van der Waals surface area contributed by atoms with Gasteiger partial charge in [-0.15, -0.1) is 0 Å². The van der Waals surface area contributed by atoms with Crippen LogP contribution >= 0.6 is 0 Å². The molecule has 4 nitrogen and oxygen atoms in total. The summed E-state index contributed by atoms with van der Waals surface area (Å²) in [5, 5.41) is 28.7. The average Bonchev–Trinajstić information content (AvgIpc) is 2.71. The van der Waals surface area contributed by atoms with E-state index in [0.29, 0.717) is 6.42 Å². The lowest BCUT2D eigenvalue weighted by atomic mass is 9.85. The minimum absolute atomic E-state index is 0.0537. The Morgan fingerprint density at radius 2 is 1.17 bits per heavy atom. The number of carbonyl (C=O) groups is 1. The largest absolute Gasteiger partial charge is 0.481 e. The van der Waals surface area contributed by atoms with Crippen LogP contribution in [-0.4, -0.2) is 34.0 Å². The van der Waals surface area contributed by atoms with E-state index < -0.39 is 23.9 Å². The fraction of sp³-hybridized carbons (Fsp3) is 0.500. The maximum Gasteiger partial charge on any atom is 0.310 e. The summed E-state index contributed by atoms with van der Waals surface area (Å²) in [5.74, 6) is -2.42. The summed E-state index contributed by atoms with van der Waals surface area (Å²) in [6.07, 6.45) is 28.9. The van der Waals surface area contributed by atoms with Gasteiger partial charge in [0.2, 0.25) is 0 Å². The molecule has 0 aliphatic carbocycles. The highest BCUT2D eigenvalue weighted by Gasteiger charge is 2.31. The van der Waals surface area contributed by atoms with Gasteiger partial charge in [-0.2, -0.15) is 0 Å². The molecule has 0 aliphatic heterocycles. The van der Waals surface area contributed by atoms with E-state index in [1.54, 1.807) is 0 Å². The average molecular weight is 417 g/mol. The van der Waals surface area contributed by atoms with Crippen LogP contribution in [0.4, 0.5) is 0 Å². The Labute approximate surface area is 182 Å². The van der Waals surface area contributed by atoms with E-state index in [1.165, 1.54) is 0 Å². The van der Waals surface area contributed by atoms with E-state index in [-0.39, 0.29) is 13.0 Å². The van der Waals surface area contributed by atoms with Gasteiger partial charge in [-0.05, 0) is 44.9 Å². The zero-order valence-electron chi connectivity index (χ0n) is 18.6. The van der Waals surface area contributed by atoms with Crippen LogP contribution < -0.4 is 0 Å². The Hall–Kier alpha value is -2.17. The van der Waals surface area contributed by atoms with Crippen molar-refractivity contribution in [2.24, 2.45) is 11.8 Å². The van der Waals surface area contributed by atoms with Gasteiger partial charge in [0, 0.05) is 12.5 Å². The molecule has 0 amide bonds. The number of hydrogen-bond acceptors (Lipinski definition) is 3. The van der Waals surface area contributed by atoms with Gasteiger partial charge in [0.05, 0.1) is 12.0 Å². The Kier molecular flexibility index (Phi) is 18.7. The maximum atomic E-state index is 11.6. The van der Waals surface area contributed by atoms with Gasteiger partial charge in [0.1, 0.15) is 0 Å². The molecule has 30 heavy (non-hydrogen) atoms. The van der Waals surface area contributed by atoms with Crippen LogP contribution in [0.2, 0.25) is 0 Å². The van der Waals surface area contributed by atoms with E-state index in [4.69, 9.17) is 5.11 Å². The van der Waals surface area contributed by atoms with Crippen molar-refractivity contribution in [2.45, 2.75) is 64.9 Å². The van der Waals surface area contributed by atoms with Gasteiger partial charge in [-0.3, -0.25) is 4.79 Å². The summed E-state index contributed by atoms with van der Waals surface area (Å²) in [6, 6.07) is 0. The summed E-state index contributed by atoms with van der Waals surface area (Å²) in [5.41, 5.74) is 0. The highest BCUT2D eigenvalue weighted by molar-refractivity contribution is 5.71. The molecule has 0 fully saturated rings. The predicted octanol–water partition coefficient (Wildman–Crippen LogP) is 5.76. The monoisotopic (exact) mass is 416 g/mol. The first kappa shape index (κ1) is 27.8. The summed E-state index contributed by atoms with van der Waals surface area (Å²) in [6.45, 7) is 3.87. The Morgan fingerprint density at radius 1 is 0.733 bits per heavy atom. The van der Waals surface area contributed by atoms with E-state index in [1.807, 2.05) is 37.3 Å². The lowest BCUT2D eigenvalue weighted by Gasteiger charge is -2.23. The Morgan fingerprint density at radius 3 is 1.60 bits per heavy atom. The van der Waals surface area contributed by atoms with Crippen LogP contribution in [0, 0.1) is 11.8 Å². The molecule has 0 saturated carbocycles. The molecule has 168 valence electrons. The first-order chi connectivity index (χ1) is 14.6. The molecule has 0 saturated heterocycles. The smallest absolute Gasteiger partial charge is 0.310 e. The topological polar surface area (TPSA) is 77.8 Å².